The first kappa shape index (κ1) is 18.6. The molecule has 0 fully saturated rings. The number of nitrogens with zero attached hydrogens (tertiary/aromatic N) is 3. The summed E-state index contributed by atoms with van der Waals surface area (Å²) in [6.07, 6.45) is 5.83. The van der Waals surface area contributed by atoms with Crippen molar-refractivity contribution in [2.75, 3.05) is 6.54 Å². The maximum absolute atomic E-state index is 13.4. The molecule has 2 heterocycles. The van der Waals surface area contributed by atoms with E-state index in [1.807, 2.05) is 13.8 Å². The van der Waals surface area contributed by atoms with E-state index in [1.54, 1.807) is 36.7 Å². The summed E-state index contributed by atoms with van der Waals surface area (Å²) in [7, 11) is 0. The summed E-state index contributed by atoms with van der Waals surface area (Å²) in [5, 5.41) is 2.80. The van der Waals surface area contributed by atoms with Crippen LogP contribution in [-0.2, 0) is 0 Å². The second kappa shape index (κ2) is 7.59. The van der Waals surface area contributed by atoms with Gasteiger partial charge in [0.15, 0.2) is 0 Å². The fourth-order valence-corrected chi connectivity index (χ4v) is 2.40. The van der Waals surface area contributed by atoms with Crippen LogP contribution in [0.4, 0.5) is 4.39 Å². The van der Waals surface area contributed by atoms with Crippen LogP contribution in [0.2, 0.25) is 0 Å². The Balaban J connectivity index is 1.79. The number of carbonyl (C=O) groups excluding carboxylic acids is 1. The zero-order valence-corrected chi connectivity index (χ0v) is 15.1. The number of nitrogens with two attached hydrogens (primary N) is 1. The smallest absolute Gasteiger partial charge is 0.251 e. The van der Waals surface area contributed by atoms with Crippen molar-refractivity contribution in [3.05, 3.63) is 66.5 Å². The number of rotatable bonds is 5. The summed E-state index contributed by atoms with van der Waals surface area (Å²) in [6.45, 7) is 4.06. The van der Waals surface area contributed by atoms with Gasteiger partial charge < -0.3 is 11.1 Å². The van der Waals surface area contributed by atoms with Crippen LogP contribution < -0.4 is 11.1 Å². The number of amides is 1. The number of hydrogen-bond acceptors (Lipinski definition) is 5. The fraction of sp³-hybridized carbons (Fsp3) is 0.200. The van der Waals surface area contributed by atoms with Crippen LogP contribution in [0.1, 0.15) is 24.2 Å². The Hall–Kier alpha value is -3.19. The molecule has 0 radical (unpaired) electrons. The molecule has 3 rings (SSSR count). The van der Waals surface area contributed by atoms with Gasteiger partial charge in [0.05, 0.1) is 30.0 Å². The summed E-state index contributed by atoms with van der Waals surface area (Å²) >= 11 is 0. The minimum atomic E-state index is -0.475. The molecule has 0 unspecified atom stereocenters. The third-order valence-corrected chi connectivity index (χ3v) is 3.78. The van der Waals surface area contributed by atoms with Gasteiger partial charge in [0, 0.05) is 35.0 Å². The summed E-state index contributed by atoms with van der Waals surface area (Å²) in [6, 6.07) is 8.37. The lowest BCUT2D eigenvalue weighted by Crippen LogP contribution is -2.45. The van der Waals surface area contributed by atoms with Crippen LogP contribution in [-0.4, -0.2) is 32.9 Å². The first-order chi connectivity index (χ1) is 12.8. The molecule has 3 aromatic rings. The van der Waals surface area contributed by atoms with E-state index in [9.17, 15) is 9.18 Å². The molecule has 1 amide bonds. The maximum Gasteiger partial charge on any atom is 0.251 e. The van der Waals surface area contributed by atoms with Gasteiger partial charge in [0.1, 0.15) is 5.82 Å². The molecule has 0 aliphatic rings. The van der Waals surface area contributed by atoms with Crippen LogP contribution in [0.15, 0.2) is 55.1 Å². The highest BCUT2D eigenvalue weighted by Crippen LogP contribution is 2.22. The molecular formula is C20H20FN5O. The summed E-state index contributed by atoms with van der Waals surface area (Å²) in [5.74, 6) is -0.624. The Morgan fingerprint density at radius 1 is 1.04 bits per heavy atom. The van der Waals surface area contributed by atoms with E-state index in [2.05, 4.69) is 20.3 Å². The van der Waals surface area contributed by atoms with Crippen LogP contribution in [0, 0.1) is 5.82 Å². The lowest BCUT2D eigenvalue weighted by atomic mass is 10.1. The second-order valence-corrected chi connectivity index (χ2v) is 6.93. The molecule has 2 aromatic heterocycles. The topological polar surface area (TPSA) is 93.8 Å². The number of carbonyl (C=O) groups is 1. The van der Waals surface area contributed by atoms with E-state index in [-0.39, 0.29) is 5.91 Å². The molecule has 3 N–H and O–H groups in total. The molecule has 0 aliphatic heterocycles. The van der Waals surface area contributed by atoms with Crippen LogP contribution in [0.3, 0.4) is 0 Å². The predicted octanol–water partition coefficient (Wildman–Crippen LogP) is 2.81. The van der Waals surface area contributed by atoms with Gasteiger partial charge in [-0.05, 0) is 32.0 Å². The van der Waals surface area contributed by atoms with Gasteiger partial charge in [-0.25, -0.2) is 9.37 Å². The van der Waals surface area contributed by atoms with Crippen molar-refractivity contribution in [2.45, 2.75) is 19.4 Å². The summed E-state index contributed by atoms with van der Waals surface area (Å²) in [5.41, 5.74) is 8.41. The van der Waals surface area contributed by atoms with Crippen molar-refractivity contribution >= 4 is 5.91 Å². The Bertz CT molecular complexity index is 951. The molecule has 0 saturated heterocycles. The lowest BCUT2D eigenvalue weighted by Gasteiger charge is -2.18. The van der Waals surface area contributed by atoms with Gasteiger partial charge >= 0.3 is 0 Å². The van der Waals surface area contributed by atoms with Crippen molar-refractivity contribution in [2.24, 2.45) is 5.73 Å². The third kappa shape index (κ3) is 4.92. The highest BCUT2D eigenvalue weighted by Gasteiger charge is 2.13. The van der Waals surface area contributed by atoms with Gasteiger partial charge in [-0.3, -0.25) is 14.8 Å². The summed E-state index contributed by atoms with van der Waals surface area (Å²) < 4.78 is 13.4. The maximum atomic E-state index is 13.4. The van der Waals surface area contributed by atoms with Crippen molar-refractivity contribution in [1.82, 2.24) is 20.3 Å². The highest BCUT2D eigenvalue weighted by molar-refractivity contribution is 5.94. The van der Waals surface area contributed by atoms with E-state index in [4.69, 9.17) is 5.73 Å². The Kier molecular flexibility index (Phi) is 5.23. The average molecular weight is 365 g/mol. The molecule has 0 aliphatic carbocycles. The molecule has 7 heteroatoms. The minimum Gasteiger partial charge on any atom is -0.350 e. The van der Waals surface area contributed by atoms with Crippen LogP contribution >= 0.6 is 0 Å². The van der Waals surface area contributed by atoms with E-state index in [0.717, 1.165) is 11.8 Å². The third-order valence-electron chi connectivity index (χ3n) is 3.78. The number of nitrogens with one attached hydrogen (secondary N) is 1. The number of hydrogen-bond donors (Lipinski definition) is 2. The monoisotopic (exact) mass is 365 g/mol. The normalized spacial score (nSPS) is 11.3. The molecule has 6 nitrogen and oxygen atoms in total. The minimum absolute atomic E-state index is 0.189. The molecule has 0 saturated carbocycles. The van der Waals surface area contributed by atoms with Crippen LogP contribution in [0.25, 0.3) is 22.5 Å². The summed E-state index contributed by atoms with van der Waals surface area (Å²) in [4.78, 5) is 24.7. The predicted molar refractivity (Wildman–Crippen MR) is 101 cm³/mol. The number of halogens is 1. The Morgan fingerprint density at radius 3 is 2.30 bits per heavy atom. The van der Waals surface area contributed by atoms with Gasteiger partial charge in [-0.2, -0.15) is 0 Å². The molecule has 0 bridgehead atoms. The molecule has 0 spiro atoms. The molecule has 138 valence electrons. The number of pyridine rings is 1. The van der Waals surface area contributed by atoms with Gasteiger partial charge in [0.2, 0.25) is 0 Å². The van der Waals surface area contributed by atoms with E-state index in [1.165, 1.54) is 12.3 Å². The molecule has 1 aromatic carbocycles. The van der Waals surface area contributed by atoms with Crippen LogP contribution in [0.5, 0.6) is 0 Å². The molecule has 27 heavy (non-hydrogen) atoms. The van der Waals surface area contributed by atoms with Crippen molar-refractivity contribution in [3.8, 4) is 22.5 Å². The Morgan fingerprint density at radius 2 is 1.67 bits per heavy atom. The van der Waals surface area contributed by atoms with E-state index >= 15 is 0 Å². The van der Waals surface area contributed by atoms with E-state index in [0.29, 0.717) is 29.1 Å². The van der Waals surface area contributed by atoms with Gasteiger partial charge in [-0.15, -0.1) is 0 Å². The molecule has 0 atom stereocenters. The van der Waals surface area contributed by atoms with Crippen molar-refractivity contribution in [1.29, 1.82) is 0 Å². The largest absolute Gasteiger partial charge is 0.350 e. The van der Waals surface area contributed by atoms with E-state index < -0.39 is 11.4 Å². The lowest BCUT2D eigenvalue weighted by molar-refractivity contribution is 0.0946. The molecular weight excluding hydrogens is 345 g/mol. The first-order valence-electron chi connectivity index (χ1n) is 8.42. The quantitative estimate of drug-likeness (QED) is 0.725. The SMILES string of the molecule is CC(C)(N)CNC(=O)c1ccc(-c2cncc(-c3cncc(F)c3)n2)cc1. The second-order valence-electron chi connectivity index (χ2n) is 6.93. The van der Waals surface area contributed by atoms with Crippen molar-refractivity contribution in [3.63, 3.8) is 0 Å². The first-order valence-corrected chi connectivity index (χ1v) is 8.42. The van der Waals surface area contributed by atoms with Gasteiger partial charge in [-0.1, -0.05) is 12.1 Å². The number of benzene rings is 1. The van der Waals surface area contributed by atoms with Crippen molar-refractivity contribution < 1.29 is 9.18 Å². The number of aromatic nitrogens is 3. The van der Waals surface area contributed by atoms with Gasteiger partial charge in [0.25, 0.3) is 5.91 Å². The average Bonchev–Trinajstić information content (AvgIpc) is 2.66. The fourth-order valence-electron chi connectivity index (χ4n) is 2.40. The highest BCUT2D eigenvalue weighted by atomic mass is 19.1. The standard InChI is InChI=1S/C20H20FN5O/c1-20(2,22)12-25-19(27)14-5-3-13(4-6-14)17-10-24-11-18(26-17)15-7-16(21)9-23-8-15/h3-11H,12,22H2,1-2H3,(H,25,27). The Labute approximate surface area is 156 Å². The zero-order valence-electron chi connectivity index (χ0n) is 15.1. The zero-order chi connectivity index (χ0) is 19.4.